The monoisotopic (exact) mass is 329 g/mol. The summed E-state index contributed by atoms with van der Waals surface area (Å²) in [6.45, 7) is 6.93. The number of hydrogen-bond acceptors (Lipinski definition) is 4. The van der Waals surface area contributed by atoms with Crippen molar-refractivity contribution >= 4 is 22.4 Å². The summed E-state index contributed by atoms with van der Waals surface area (Å²) in [5.74, 6) is 0.197. The molecule has 0 spiro atoms. The highest BCUT2D eigenvalue weighted by Gasteiger charge is 2.29. The van der Waals surface area contributed by atoms with Gasteiger partial charge in [-0.3, -0.25) is 4.79 Å². The molecule has 4 nitrogen and oxygen atoms in total. The molecule has 5 heteroatoms. The van der Waals surface area contributed by atoms with E-state index in [4.69, 9.17) is 4.98 Å². The Morgan fingerprint density at radius 1 is 1.17 bits per heavy atom. The summed E-state index contributed by atoms with van der Waals surface area (Å²) in [6, 6.07) is 4.47. The average Bonchev–Trinajstić information content (AvgIpc) is 2.85. The fraction of sp³-hybridized carbons (Fsp3) is 0.444. The van der Waals surface area contributed by atoms with E-state index in [9.17, 15) is 4.79 Å². The molecule has 0 radical (unpaired) electrons. The Bertz CT molecular complexity index is 764. The highest BCUT2D eigenvalue weighted by Crippen LogP contribution is 2.40. The zero-order valence-corrected chi connectivity index (χ0v) is 15.2. The SMILES string of the molecule is Cc1cc(C)c([C@@H]2CC(=O)NCc3nc(N(C)C)sc32)cc1C. The molecule has 23 heavy (non-hydrogen) atoms. The molecule has 0 fully saturated rings. The number of fused-ring (bicyclic) bond motifs is 1. The van der Waals surface area contributed by atoms with E-state index in [0.717, 1.165) is 10.8 Å². The van der Waals surface area contributed by atoms with Gasteiger partial charge in [0, 0.05) is 31.3 Å². The number of rotatable bonds is 2. The van der Waals surface area contributed by atoms with Crippen LogP contribution in [0.2, 0.25) is 0 Å². The van der Waals surface area contributed by atoms with Gasteiger partial charge in [0.15, 0.2) is 5.13 Å². The quantitative estimate of drug-likeness (QED) is 0.919. The maximum absolute atomic E-state index is 12.2. The summed E-state index contributed by atoms with van der Waals surface area (Å²) in [5.41, 5.74) is 6.07. The summed E-state index contributed by atoms with van der Waals surface area (Å²) < 4.78 is 0. The van der Waals surface area contributed by atoms with Crippen LogP contribution in [0.3, 0.4) is 0 Å². The van der Waals surface area contributed by atoms with E-state index < -0.39 is 0 Å². The molecular weight excluding hydrogens is 306 g/mol. The Morgan fingerprint density at radius 2 is 1.87 bits per heavy atom. The lowest BCUT2D eigenvalue weighted by atomic mass is 9.88. The fourth-order valence-electron chi connectivity index (χ4n) is 3.08. The predicted octanol–water partition coefficient (Wildman–Crippen LogP) is 3.29. The highest BCUT2D eigenvalue weighted by molar-refractivity contribution is 7.15. The second-order valence-electron chi connectivity index (χ2n) is 6.53. The van der Waals surface area contributed by atoms with E-state index in [1.165, 1.54) is 27.1 Å². The van der Waals surface area contributed by atoms with Crippen LogP contribution in [0, 0.1) is 20.8 Å². The molecule has 1 aromatic carbocycles. The third-order valence-electron chi connectivity index (χ3n) is 4.52. The topological polar surface area (TPSA) is 45.2 Å². The number of anilines is 1. The number of thiazole rings is 1. The van der Waals surface area contributed by atoms with E-state index in [2.05, 4.69) is 38.2 Å². The Hall–Kier alpha value is -1.88. The standard InChI is InChI=1S/C18H23N3OS/c1-10-6-12(3)13(7-11(10)2)14-8-16(22)19-9-15-17(14)23-18(20-15)21(4)5/h6-7,14H,8-9H2,1-5H3,(H,19,22)/t14-/m0/s1. The van der Waals surface area contributed by atoms with Gasteiger partial charge in [0.05, 0.1) is 12.2 Å². The van der Waals surface area contributed by atoms with Crippen molar-refractivity contribution in [1.29, 1.82) is 0 Å². The molecule has 2 heterocycles. The van der Waals surface area contributed by atoms with Gasteiger partial charge in [-0.2, -0.15) is 0 Å². The van der Waals surface area contributed by atoms with Crippen LogP contribution < -0.4 is 10.2 Å². The first-order valence-electron chi connectivity index (χ1n) is 7.88. The molecule has 3 rings (SSSR count). The van der Waals surface area contributed by atoms with Gasteiger partial charge in [-0.15, -0.1) is 11.3 Å². The van der Waals surface area contributed by atoms with Crippen molar-refractivity contribution < 1.29 is 4.79 Å². The molecule has 1 aliphatic rings. The molecule has 122 valence electrons. The van der Waals surface area contributed by atoms with Crippen LogP contribution in [0.1, 0.15) is 45.2 Å². The summed E-state index contributed by atoms with van der Waals surface area (Å²) in [4.78, 5) is 20.1. The number of amides is 1. The Labute approximate surface area is 141 Å². The maximum Gasteiger partial charge on any atom is 0.221 e. The molecule has 1 aliphatic heterocycles. The average molecular weight is 329 g/mol. The van der Waals surface area contributed by atoms with Crippen LogP contribution in [0.5, 0.6) is 0 Å². The zero-order chi connectivity index (χ0) is 16.7. The van der Waals surface area contributed by atoms with Gasteiger partial charge >= 0.3 is 0 Å². The van der Waals surface area contributed by atoms with Crippen LogP contribution in [-0.4, -0.2) is 25.0 Å². The molecule has 1 N–H and O–H groups in total. The number of carbonyl (C=O) groups is 1. The number of aryl methyl sites for hydroxylation is 3. The van der Waals surface area contributed by atoms with Crippen LogP contribution in [0.4, 0.5) is 5.13 Å². The van der Waals surface area contributed by atoms with Crippen LogP contribution in [-0.2, 0) is 11.3 Å². The van der Waals surface area contributed by atoms with Gasteiger partial charge in [-0.25, -0.2) is 4.98 Å². The van der Waals surface area contributed by atoms with Crippen molar-refractivity contribution in [3.63, 3.8) is 0 Å². The van der Waals surface area contributed by atoms with Gasteiger partial charge in [0.1, 0.15) is 0 Å². The summed E-state index contributed by atoms with van der Waals surface area (Å²) >= 11 is 1.70. The smallest absolute Gasteiger partial charge is 0.221 e. The number of carbonyl (C=O) groups excluding carboxylic acids is 1. The first-order valence-corrected chi connectivity index (χ1v) is 8.70. The third kappa shape index (κ3) is 2.98. The number of aromatic nitrogens is 1. The third-order valence-corrected chi connectivity index (χ3v) is 5.89. The summed E-state index contributed by atoms with van der Waals surface area (Å²) in [7, 11) is 4.01. The Balaban J connectivity index is 2.14. The van der Waals surface area contributed by atoms with Gasteiger partial charge in [0.25, 0.3) is 0 Å². The molecule has 0 bridgehead atoms. The summed E-state index contributed by atoms with van der Waals surface area (Å²) in [5, 5.41) is 3.98. The fourth-order valence-corrected chi connectivity index (χ4v) is 4.21. The molecule has 1 atom stereocenters. The molecule has 2 aromatic rings. The van der Waals surface area contributed by atoms with E-state index in [1.807, 2.05) is 19.0 Å². The molecule has 0 saturated carbocycles. The van der Waals surface area contributed by atoms with Crippen LogP contribution in [0.25, 0.3) is 0 Å². The summed E-state index contributed by atoms with van der Waals surface area (Å²) in [6.07, 6.45) is 0.491. The van der Waals surface area contributed by atoms with Gasteiger partial charge in [0.2, 0.25) is 5.91 Å². The Kier molecular flexibility index (Phi) is 4.15. The van der Waals surface area contributed by atoms with Gasteiger partial charge < -0.3 is 10.2 Å². The van der Waals surface area contributed by atoms with E-state index >= 15 is 0 Å². The zero-order valence-electron chi connectivity index (χ0n) is 14.4. The second kappa shape index (κ2) is 5.96. The van der Waals surface area contributed by atoms with Gasteiger partial charge in [-0.05, 0) is 43.0 Å². The Morgan fingerprint density at radius 3 is 2.57 bits per heavy atom. The lowest BCUT2D eigenvalue weighted by molar-refractivity contribution is -0.121. The maximum atomic E-state index is 12.2. The van der Waals surface area contributed by atoms with Crippen molar-refractivity contribution in [3.05, 3.63) is 45.0 Å². The van der Waals surface area contributed by atoms with E-state index in [1.54, 1.807) is 11.3 Å². The van der Waals surface area contributed by atoms with Gasteiger partial charge in [-0.1, -0.05) is 12.1 Å². The van der Waals surface area contributed by atoms with Crippen molar-refractivity contribution in [1.82, 2.24) is 10.3 Å². The molecular formula is C18H23N3OS. The minimum Gasteiger partial charge on any atom is -0.354 e. The van der Waals surface area contributed by atoms with Crippen molar-refractivity contribution in [2.45, 2.75) is 39.7 Å². The largest absolute Gasteiger partial charge is 0.354 e. The van der Waals surface area contributed by atoms with E-state index in [0.29, 0.717) is 13.0 Å². The van der Waals surface area contributed by atoms with Crippen molar-refractivity contribution in [3.8, 4) is 0 Å². The lowest BCUT2D eigenvalue weighted by Crippen LogP contribution is -2.21. The first kappa shape index (κ1) is 16.0. The van der Waals surface area contributed by atoms with Crippen molar-refractivity contribution in [2.24, 2.45) is 0 Å². The minimum atomic E-state index is 0.0954. The predicted molar refractivity (Wildman–Crippen MR) is 95.4 cm³/mol. The highest BCUT2D eigenvalue weighted by atomic mass is 32.1. The minimum absolute atomic E-state index is 0.0954. The molecule has 0 saturated heterocycles. The molecule has 0 aliphatic carbocycles. The lowest BCUT2D eigenvalue weighted by Gasteiger charge is -2.18. The number of nitrogens with one attached hydrogen (secondary N) is 1. The van der Waals surface area contributed by atoms with Crippen LogP contribution >= 0.6 is 11.3 Å². The second-order valence-corrected chi connectivity index (χ2v) is 7.54. The number of nitrogens with zero attached hydrogens (tertiary/aromatic N) is 2. The van der Waals surface area contributed by atoms with E-state index in [-0.39, 0.29) is 11.8 Å². The number of hydrogen-bond donors (Lipinski definition) is 1. The molecule has 1 aromatic heterocycles. The molecule has 0 unspecified atom stereocenters. The van der Waals surface area contributed by atoms with Crippen molar-refractivity contribution in [2.75, 3.05) is 19.0 Å². The van der Waals surface area contributed by atoms with Crippen LogP contribution in [0.15, 0.2) is 12.1 Å². The number of benzene rings is 1. The normalized spacial score (nSPS) is 17.4. The first-order chi connectivity index (χ1) is 10.9. The molecule has 1 amide bonds.